The molecule has 1 aliphatic heterocycles. The number of rotatable bonds is 3. The number of benzene rings is 1. The average Bonchev–Trinajstić information content (AvgIpc) is 2.88. The third kappa shape index (κ3) is 2.97. The minimum atomic E-state index is 0.258. The Hall–Kier alpha value is -1.51. The number of hydrogen-bond acceptors (Lipinski definition) is 2. The number of nitrogens with zero attached hydrogens (tertiary/aromatic N) is 1. The Morgan fingerprint density at radius 2 is 2.00 bits per heavy atom. The van der Waals surface area contributed by atoms with Crippen molar-refractivity contribution in [3.63, 3.8) is 0 Å². The van der Waals surface area contributed by atoms with Crippen LogP contribution in [-0.4, -0.2) is 18.5 Å². The van der Waals surface area contributed by atoms with Crippen LogP contribution < -0.4 is 10.2 Å². The number of amides is 1. The fraction of sp³-hybridized carbons (Fsp3) is 0.588. The van der Waals surface area contributed by atoms with Gasteiger partial charge in [0.05, 0.1) is 0 Å². The van der Waals surface area contributed by atoms with Crippen molar-refractivity contribution in [3.05, 3.63) is 24.3 Å². The van der Waals surface area contributed by atoms with Gasteiger partial charge in [-0.2, -0.15) is 0 Å². The van der Waals surface area contributed by atoms with E-state index in [1.165, 1.54) is 25.7 Å². The van der Waals surface area contributed by atoms with E-state index in [0.717, 1.165) is 30.3 Å². The van der Waals surface area contributed by atoms with Gasteiger partial charge in [0.1, 0.15) is 0 Å². The van der Waals surface area contributed by atoms with Crippen LogP contribution in [0.25, 0.3) is 0 Å². The van der Waals surface area contributed by atoms with E-state index in [-0.39, 0.29) is 5.91 Å². The summed E-state index contributed by atoms with van der Waals surface area (Å²) in [5.74, 6) is 1.13. The Balaban J connectivity index is 1.66. The first-order valence-electron chi connectivity index (χ1n) is 7.89. The standard InChI is InChI=1S/C17H24N2O/c1-13-7-9-14(10-8-13)18-15-4-2-5-16(12-15)19-11-3-6-17(19)20/h2,4-5,12-14,18H,3,6-11H2,1H3. The molecule has 2 fully saturated rings. The lowest BCUT2D eigenvalue weighted by Crippen LogP contribution is -2.26. The van der Waals surface area contributed by atoms with Gasteiger partial charge in [-0.25, -0.2) is 0 Å². The SMILES string of the molecule is CC1CCC(Nc2cccc(N3CCCC3=O)c2)CC1. The van der Waals surface area contributed by atoms with Gasteiger partial charge in [-0.05, 0) is 56.2 Å². The third-order valence-corrected chi connectivity index (χ3v) is 4.62. The average molecular weight is 272 g/mol. The van der Waals surface area contributed by atoms with Crippen molar-refractivity contribution >= 4 is 17.3 Å². The maximum absolute atomic E-state index is 11.8. The highest BCUT2D eigenvalue weighted by Gasteiger charge is 2.22. The summed E-state index contributed by atoms with van der Waals surface area (Å²) in [6, 6.07) is 8.92. The smallest absolute Gasteiger partial charge is 0.227 e. The summed E-state index contributed by atoms with van der Waals surface area (Å²) >= 11 is 0. The highest BCUT2D eigenvalue weighted by Crippen LogP contribution is 2.28. The molecule has 1 N–H and O–H groups in total. The molecule has 0 atom stereocenters. The molecule has 1 amide bonds. The van der Waals surface area contributed by atoms with Crippen LogP contribution >= 0.6 is 0 Å². The van der Waals surface area contributed by atoms with Crippen molar-refractivity contribution in [1.29, 1.82) is 0 Å². The largest absolute Gasteiger partial charge is 0.382 e. The first-order valence-corrected chi connectivity index (χ1v) is 7.89. The molecule has 0 aromatic heterocycles. The van der Waals surface area contributed by atoms with Crippen molar-refractivity contribution in [2.75, 3.05) is 16.8 Å². The second kappa shape index (κ2) is 5.86. The second-order valence-electron chi connectivity index (χ2n) is 6.30. The first kappa shape index (κ1) is 13.5. The highest BCUT2D eigenvalue weighted by molar-refractivity contribution is 5.95. The molecule has 20 heavy (non-hydrogen) atoms. The Kier molecular flexibility index (Phi) is 3.95. The molecule has 3 nitrogen and oxygen atoms in total. The van der Waals surface area contributed by atoms with Crippen molar-refractivity contribution in [2.24, 2.45) is 5.92 Å². The molecule has 0 radical (unpaired) electrons. The van der Waals surface area contributed by atoms with E-state index >= 15 is 0 Å². The summed E-state index contributed by atoms with van der Waals surface area (Å²) in [6.07, 6.45) is 6.83. The van der Waals surface area contributed by atoms with Gasteiger partial charge in [0.15, 0.2) is 0 Å². The van der Waals surface area contributed by atoms with Crippen LogP contribution in [0.3, 0.4) is 0 Å². The van der Waals surface area contributed by atoms with Crippen LogP contribution in [0.5, 0.6) is 0 Å². The lowest BCUT2D eigenvalue weighted by Gasteiger charge is -2.28. The van der Waals surface area contributed by atoms with E-state index in [1.54, 1.807) is 0 Å². The Morgan fingerprint density at radius 3 is 2.70 bits per heavy atom. The Labute approximate surface area is 121 Å². The summed E-state index contributed by atoms with van der Waals surface area (Å²) in [5.41, 5.74) is 2.20. The molecular formula is C17H24N2O. The van der Waals surface area contributed by atoms with E-state index < -0.39 is 0 Å². The predicted octanol–water partition coefficient (Wildman–Crippen LogP) is 3.80. The molecule has 2 aliphatic rings. The van der Waals surface area contributed by atoms with Gasteiger partial charge < -0.3 is 10.2 Å². The number of carbonyl (C=O) groups is 1. The minimum Gasteiger partial charge on any atom is -0.382 e. The second-order valence-corrected chi connectivity index (χ2v) is 6.30. The molecule has 0 spiro atoms. The molecule has 3 rings (SSSR count). The molecule has 1 aliphatic carbocycles. The summed E-state index contributed by atoms with van der Waals surface area (Å²) in [4.78, 5) is 13.7. The van der Waals surface area contributed by atoms with E-state index in [9.17, 15) is 4.79 Å². The minimum absolute atomic E-state index is 0.258. The number of anilines is 2. The zero-order valence-corrected chi connectivity index (χ0v) is 12.3. The summed E-state index contributed by atoms with van der Waals surface area (Å²) in [6.45, 7) is 3.21. The summed E-state index contributed by atoms with van der Waals surface area (Å²) in [5, 5.41) is 3.64. The fourth-order valence-electron chi connectivity index (χ4n) is 3.32. The van der Waals surface area contributed by atoms with Crippen LogP contribution in [0.2, 0.25) is 0 Å². The molecule has 1 aromatic carbocycles. The molecule has 3 heteroatoms. The van der Waals surface area contributed by atoms with Gasteiger partial charge in [-0.15, -0.1) is 0 Å². The van der Waals surface area contributed by atoms with E-state index in [2.05, 4.69) is 30.4 Å². The molecular weight excluding hydrogens is 248 g/mol. The van der Waals surface area contributed by atoms with E-state index in [4.69, 9.17) is 0 Å². The maximum atomic E-state index is 11.8. The summed E-state index contributed by atoms with van der Waals surface area (Å²) < 4.78 is 0. The van der Waals surface area contributed by atoms with Crippen LogP contribution in [0.15, 0.2) is 24.3 Å². The molecule has 1 saturated heterocycles. The monoisotopic (exact) mass is 272 g/mol. The van der Waals surface area contributed by atoms with Gasteiger partial charge in [0, 0.05) is 30.4 Å². The number of hydrogen-bond donors (Lipinski definition) is 1. The number of carbonyl (C=O) groups excluding carboxylic acids is 1. The lowest BCUT2D eigenvalue weighted by molar-refractivity contribution is -0.117. The van der Waals surface area contributed by atoms with Crippen LogP contribution in [-0.2, 0) is 4.79 Å². The van der Waals surface area contributed by atoms with Crippen LogP contribution in [0, 0.1) is 5.92 Å². The molecule has 1 aromatic rings. The van der Waals surface area contributed by atoms with Gasteiger partial charge in [0.2, 0.25) is 5.91 Å². The van der Waals surface area contributed by atoms with Gasteiger partial charge >= 0.3 is 0 Å². The van der Waals surface area contributed by atoms with Crippen molar-refractivity contribution in [3.8, 4) is 0 Å². The van der Waals surface area contributed by atoms with E-state index in [0.29, 0.717) is 12.5 Å². The number of nitrogens with one attached hydrogen (secondary N) is 1. The molecule has 1 saturated carbocycles. The molecule has 0 unspecified atom stereocenters. The Morgan fingerprint density at radius 1 is 1.20 bits per heavy atom. The van der Waals surface area contributed by atoms with Crippen LogP contribution in [0.4, 0.5) is 11.4 Å². The maximum Gasteiger partial charge on any atom is 0.227 e. The normalized spacial score (nSPS) is 26.9. The highest BCUT2D eigenvalue weighted by atomic mass is 16.2. The fourth-order valence-corrected chi connectivity index (χ4v) is 3.32. The zero-order chi connectivity index (χ0) is 13.9. The summed E-state index contributed by atoms with van der Waals surface area (Å²) in [7, 11) is 0. The Bertz CT molecular complexity index is 478. The molecule has 0 bridgehead atoms. The predicted molar refractivity (Wildman–Crippen MR) is 83.1 cm³/mol. The van der Waals surface area contributed by atoms with Gasteiger partial charge in [-0.3, -0.25) is 4.79 Å². The quantitative estimate of drug-likeness (QED) is 0.907. The topological polar surface area (TPSA) is 32.3 Å². The van der Waals surface area contributed by atoms with Crippen molar-refractivity contribution in [1.82, 2.24) is 0 Å². The van der Waals surface area contributed by atoms with E-state index in [1.807, 2.05) is 11.0 Å². The first-order chi connectivity index (χ1) is 9.72. The molecule has 108 valence electrons. The van der Waals surface area contributed by atoms with Crippen LogP contribution in [0.1, 0.15) is 45.4 Å². The van der Waals surface area contributed by atoms with Crippen molar-refractivity contribution in [2.45, 2.75) is 51.5 Å². The zero-order valence-electron chi connectivity index (χ0n) is 12.3. The van der Waals surface area contributed by atoms with Gasteiger partial charge in [0.25, 0.3) is 0 Å². The third-order valence-electron chi connectivity index (χ3n) is 4.62. The molecule has 1 heterocycles. The lowest BCUT2D eigenvalue weighted by atomic mass is 9.87. The van der Waals surface area contributed by atoms with Gasteiger partial charge in [-0.1, -0.05) is 13.0 Å². The van der Waals surface area contributed by atoms with Crippen molar-refractivity contribution < 1.29 is 4.79 Å².